The Hall–Kier alpha value is -3.05. The lowest BCUT2D eigenvalue weighted by Gasteiger charge is -2.38. The number of nitrogens with one attached hydrogen (secondary N) is 2. The minimum atomic E-state index is -1.29. The first kappa shape index (κ1) is 28.0. The fourth-order valence-electron chi connectivity index (χ4n) is 3.13. The highest BCUT2D eigenvalue weighted by atomic mass is 16.6. The van der Waals surface area contributed by atoms with Crippen LogP contribution in [0.2, 0.25) is 0 Å². The average molecular weight is 460 g/mol. The zero-order valence-electron chi connectivity index (χ0n) is 20.9. The third-order valence-electron chi connectivity index (χ3n) is 4.40. The average Bonchev–Trinajstić information content (AvgIpc) is 2.66. The Labute approximate surface area is 197 Å². The molecular formula is C25H37N3O5. The molecule has 33 heavy (non-hydrogen) atoms. The summed E-state index contributed by atoms with van der Waals surface area (Å²) >= 11 is 0. The molecule has 3 amide bonds. The standard InChI is InChI=1S/C25H37N3O5/c1-10-17-11-13-18(14-12-17)20(21(30)27-24(4,5)6)28(16(2)3)22(31)19(15-29)26-23(32)33-25(7,8)9/h1,11-14,16,19-20,29H,15H2,2-9H3,(H,26,32)(H,27,30). The van der Waals surface area contributed by atoms with Crippen molar-refractivity contribution < 1.29 is 24.2 Å². The Morgan fingerprint density at radius 1 is 1.09 bits per heavy atom. The predicted octanol–water partition coefficient (Wildman–Crippen LogP) is 2.75. The number of alkyl carbamates (subject to hydrolysis) is 1. The van der Waals surface area contributed by atoms with E-state index in [0.717, 1.165) is 0 Å². The molecule has 2 atom stereocenters. The summed E-state index contributed by atoms with van der Waals surface area (Å²) in [6.45, 7) is 13.4. The van der Waals surface area contributed by atoms with Gasteiger partial charge in [0.2, 0.25) is 11.8 Å². The van der Waals surface area contributed by atoms with Gasteiger partial charge in [-0.1, -0.05) is 18.1 Å². The van der Waals surface area contributed by atoms with Crippen LogP contribution >= 0.6 is 0 Å². The van der Waals surface area contributed by atoms with Gasteiger partial charge in [-0.25, -0.2) is 4.79 Å². The molecule has 0 heterocycles. The Bertz CT molecular complexity index is 873. The lowest BCUT2D eigenvalue weighted by atomic mass is 9.98. The number of carbonyl (C=O) groups is 3. The van der Waals surface area contributed by atoms with Crippen LogP contribution in [0.15, 0.2) is 24.3 Å². The zero-order chi connectivity index (χ0) is 25.6. The molecule has 8 nitrogen and oxygen atoms in total. The maximum atomic E-state index is 13.5. The summed E-state index contributed by atoms with van der Waals surface area (Å²) in [6, 6.07) is 4.03. The van der Waals surface area contributed by atoms with Gasteiger partial charge in [0.15, 0.2) is 0 Å². The van der Waals surface area contributed by atoms with E-state index in [9.17, 15) is 19.5 Å². The number of ether oxygens (including phenoxy) is 1. The topological polar surface area (TPSA) is 108 Å². The summed E-state index contributed by atoms with van der Waals surface area (Å²) in [4.78, 5) is 40.5. The molecule has 0 aliphatic rings. The quantitative estimate of drug-likeness (QED) is 0.544. The molecular weight excluding hydrogens is 422 g/mol. The molecule has 0 fully saturated rings. The van der Waals surface area contributed by atoms with Crippen molar-refractivity contribution in [3.05, 3.63) is 35.4 Å². The molecule has 182 valence electrons. The number of hydrogen-bond acceptors (Lipinski definition) is 5. The Morgan fingerprint density at radius 3 is 2.03 bits per heavy atom. The summed E-state index contributed by atoms with van der Waals surface area (Å²) in [5.74, 6) is 1.51. The number of terminal acetylenes is 1. The highest BCUT2D eigenvalue weighted by Crippen LogP contribution is 2.26. The molecule has 8 heteroatoms. The largest absolute Gasteiger partial charge is 0.444 e. The van der Waals surface area contributed by atoms with Gasteiger partial charge in [0.1, 0.15) is 17.7 Å². The third kappa shape index (κ3) is 8.78. The molecule has 3 N–H and O–H groups in total. The van der Waals surface area contributed by atoms with Crippen LogP contribution in [-0.4, -0.2) is 57.7 Å². The van der Waals surface area contributed by atoms with E-state index in [1.807, 2.05) is 20.8 Å². The van der Waals surface area contributed by atoms with Crippen LogP contribution in [0.3, 0.4) is 0 Å². The van der Waals surface area contributed by atoms with E-state index < -0.39 is 53.8 Å². The zero-order valence-corrected chi connectivity index (χ0v) is 20.9. The highest BCUT2D eigenvalue weighted by Gasteiger charge is 2.38. The Morgan fingerprint density at radius 2 is 1.64 bits per heavy atom. The number of aliphatic hydroxyl groups is 1. The van der Waals surface area contributed by atoms with E-state index in [-0.39, 0.29) is 0 Å². The van der Waals surface area contributed by atoms with E-state index in [1.165, 1.54) is 4.90 Å². The monoisotopic (exact) mass is 459 g/mol. The van der Waals surface area contributed by atoms with Gasteiger partial charge < -0.3 is 25.4 Å². The van der Waals surface area contributed by atoms with E-state index in [2.05, 4.69) is 16.6 Å². The second-order valence-electron chi connectivity index (χ2n) is 10.1. The molecule has 0 aliphatic carbocycles. The molecule has 0 saturated carbocycles. The third-order valence-corrected chi connectivity index (χ3v) is 4.40. The summed E-state index contributed by atoms with van der Waals surface area (Å²) in [6.07, 6.45) is 4.61. The van der Waals surface area contributed by atoms with Gasteiger partial charge >= 0.3 is 6.09 Å². The van der Waals surface area contributed by atoms with Crippen LogP contribution in [0.1, 0.15) is 72.6 Å². The second kappa shape index (κ2) is 11.2. The number of aliphatic hydroxyl groups excluding tert-OH is 1. The number of benzene rings is 1. The number of hydrogen-bond donors (Lipinski definition) is 3. The highest BCUT2D eigenvalue weighted by molar-refractivity contribution is 5.92. The van der Waals surface area contributed by atoms with E-state index in [4.69, 9.17) is 11.2 Å². The summed E-state index contributed by atoms with van der Waals surface area (Å²) < 4.78 is 5.21. The Kier molecular flexibility index (Phi) is 9.49. The summed E-state index contributed by atoms with van der Waals surface area (Å²) in [5, 5.41) is 15.2. The van der Waals surface area contributed by atoms with Crippen molar-refractivity contribution in [2.45, 2.75) is 84.7 Å². The number of amides is 3. The van der Waals surface area contributed by atoms with E-state index >= 15 is 0 Å². The van der Waals surface area contributed by atoms with Crippen molar-refractivity contribution in [2.24, 2.45) is 0 Å². The van der Waals surface area contributed by atoms with Crippen LogP contribution < -0.4 is 10.6 Å². The van der Waals surface area contributed by atoms with Gasteiger partial charge in [0, 0.05) is 17.1 Å². The van der Waals surface area contributed by atoms with Crippen LogP contribution in [0, 0.1) is 12.3 Å². The predicted molar refractivity (Wildman–Crippen MR) is 127 cm³/mol. The van der Waals surface area contributed by atoms with Crippen molar-refractivity contribution in [2.75, 3.05) is 6.61 Å². The molecule has 0 aliphatic heterocycles. The molecule has 0 spiro atoms. The first-order valence-electron chi connectivity index (χ1n) is 10.9. The first-order valence-corrected chi connectivity index (χ1v) is 10.9. The SMILES string of the molecule is C#Cc1ccc(C(C(=O)NC(C)(C)C)N(C(=O)C(CO)NC(=O)OC(C)(C)C)C(C)C)cc1. The molecule has 0 saturated heterocycles. The number of rotatable bonds is 7. The lowest BCUT2D eigenvalue weighted by Crippen LogP contribution is -2.57. The maximum Gasteiger partial charge on any atom is 0.408 e. The molecule has 1 aromatic carbocycles. The van der Waals surface area contributed by atoms with Crippen molar-refractivity contribution >= 4 is 17.9 Å². The van der Waals surface area contributed by atoms with E-state index in [1.54, 1.807) is 58.9 Å². The fourth-order valence-corrected chi connectivity index (χ4v) is 3.13. The van der Waals surface area contributed by atoms with Gasteiger partial charge in [0.25, 0.3) is 0 Å². The molecule has 1 rings (SSSR count). The van der Waals surface area contributed by atoms with Crippen molar-refractivity contribution in [1.82, 2.24) is 15.5 Å². The van der Waals surface area contributed by atoms with Crippen molar-refractivity contribution in [3.8, 4) is 12.3 Å². The maximum absolute atomic E-state index is 13.5. The van der Waals surface area contributed by atoms with Gasteiger partial charge in [-0.05, 0) is 73.1 Å². The number of nitrogens with zero attached hydrogens (tertiary/aromatic N) is 1. The lowest BCUT2D eigenvalue weighted by molar-refractivity contribution is -0.145. The van der Waals surface area contributed by atoms with Gasteiger partial charge in [-0.3, -0.25) is 9.59 Å². The minimum absolute atomic E-state index is 0.396. The number of carbonyl (C=O) groups excluding carboxylic acids is 3. The summed E-state index contributed by atoms with van der Waals surface area (Å²) in [5.41, 5.74) is -0.147. The molecule has 2 unspecified atom stereocenters. The van der Waals surface area contributed by atoms with Crippen LogP contribution in [0.5, 0.6) is 0 Å². The van der Waals surface area contributed by atoms with Gasteiger partial charge in [0.05, 0.1) is 6.61 Å². The molecule has 0 bridgehead atoms. The van der Waals surface area contributed by atoms with Crippen LogP contribution in [-0.2, 0) is 14.3 Å². The minimum Gasteiger partial charge on any atom is -0.444 e. The van der Waals surface area contributed by atoms with E-state index in [0.29, 0.717) is 11.1 Å². The van der Waals surface area contributed by atoms with Gasteiger partial charge in [-0.15, -0.1) is 6.42 Å². The molecule has 1 aromatic rings. The van der Waals surface area contributed by atoms with Crippen LogP contribution in [0.25, 0.3) is 0 Å². The second-order valence-corrected chi connectivity index (χ2v) is 10.1. The summed E-state index contributed by atoms with van der Waals surface area (Å²) in [7, 11) is 0. The first-order chi connectivity index (χ1) is 15.1. The molecule has 0 aromatic heterocycles. The fraction of sp³-hybridized carbons (Fsp3) is 0.560. The van der Waals surface area contributed by atoms with Crippen molar-refractivity contribution in [1.29, 1.82) is 0 Å². The van der Waals surface area contributed by atoms with Crippen LogP contribution in [0.4, 0.5) is 4.79 Å². The van der Waals surface area contributed by atoms with Crippen molar-refractivity contribution in [3.63, 3.8) is 0 Å². The Balaban J connectivity index is 3.41. The normalized spacial score (nSPS) is 13.5. The van der Waals surface area contributed by atoms with Gasteiger partial charge in [-0.2, -0.15) is 0 Å². The molecule has 0 radical (unpaired) electrons. The smallest absolute Gasteiger partial charge is 0.408 e.